The van der Waals surface area contributed by atoms with Crippen molar-refractivity contribution in [1.29, 1.82) is 0 Å². The van der Waals surface area contributed by atoms with Crippen LogP contribution in [0, 0.1) is 0 Å². The molecule has 162 valence electrons. The van der Waals surface area contributed by atoms with Crippen molar-refractivity contribution in [2.24, 2.45) is 0 Å². The molecule has 31 heavy (non-hydrogen) atoms. The Morgan fingerprint density at radius 3 is 2.55 bits per heavy atom. The van der Waals surface area contributed by atoms with Gasteiger partial charge in [0.1, 0.15) is 11.5 Å². The summed E-state index contributed by atoms with van der Waals surface area (Å²) in [6.45, 7) is 3.02. The maximum atomic E-state index is 13.0. The molecule has 7 nitrogen and oxygen atoms in total. The first-order valence-electron chi connectivity index (χ1n) is 9.91. The van der Waals surface area contributed by atoms with Crippen molar-refractivity contribution in [3.05, 3.63) is 64.7 Å². The normalized spacial score (nSPS) is 14.8. The number of carboxylic acids is 2. The lowest BCUT2D eigenvalue weighted by Gasteiger charge is -2.23. The van der Waals surface area contributed by atoms with Crippen molar-refractivity contribution in [1.82, 2.24) is 0 Å². The Morgan fingerprint density at radius 2 is 1.84 bits per heavy atom. The van der Waals surface area contributed by atoms with Gasteiger partial charge in [0.15, 0.2) is 11.4 Å². The highest BCUT2D eigenvalue weighted by Crippen LogP contribution is 2.31. The Morgan fingerprint density at radius 1 is 1.06 bits per heavy atom. The maximum Gasteiger partial charge on any atom is 0.347 e. The van der Waals surface area contributed by atoms with Gasteiger partial charge in [-0.2, -0.15) is 0 Å². The molecular formula is C24H24O7. The number of hydrogen-bond acceptors (Lipinski definition) is 5. The summed E-state index contributed by atoms with van der Waals surface area (Å²) in [6, 6.07) is 12.2. The van der Waals surface area contributed by atoms with Crippen LogP contribution in [0.3, 0.4) is 0 Å². The largest absolute Gasteiger partial charge is 0.493 e. The minimum Gasteiger partial charge on any atom is -0.493 e. The summed E-state index contributed by atoms with van der Waals surface area (Å²) in [5.74, 6) is -1.12. The summed E-state index contributed by atoms with van der Waals surface area (Å²) < 4.78 is 11.0. The van der Waals surface area contributed by atoms with Crippen molar-refractivity contribution in [2.45, 2.75) is 38.7 Å². The fraction of sp³-hybridized carbons (Fsp3) is 0.292. The van der Waals surface area contributed by atoms with E-state index in [0.29, 0.717) is 35.5 Å². The van der Waals surface area contributed by atoms with Gasteiger partial charge in [-0.25, -0.2) is 4.79 Å². The molecule has 0 atom stereocenters. The van der Waals surface area contributed by atoms with Crippen LogP contribution in [-0.2, 0) is 16.0 Å². The number of Topliss-reactive ketones (excluding diaryl/α,β-unsaturated/α-hetero) is 1. The van der Waals surface area contributed by atoms with Crippen LogP contribution >= 0.6 is 0 Å². The Kier molecular flexibility index (Phi) is 6.44. The molecule has 0 unspecified atom stereocenters. The minimum atomic E-state index is -1.37. The highest BCUT2D eigenvalue weighted by Gasteiger charge is 2.30. The van der Waals surface area contributed by atoms with Gasteiger partial charge in [-0.15, -0.1) is 0 Å². The van der Waals surface area contributed by atoms with Gasteiger partial charge >= 0.3 is 11.9 Å². The van der Waals surface area contributed by atoms with E-state index in [9.17, 15) is 19.5 Å². The highest BCUT2D eigenvalue weighted by atomic mass is 16.5. The average Bonchev–Trinajstić information content (AvgIpc) is 2.70. The van der Waals surface area contributed by atoms with Crippen LogP contribution in [-0.4, -0.2) is 40.1 Å². The number of rotatable bonds is 8. The van der Waals surface area contributed by atoms with Crippen LogP contribution in [0.25, 0.3) is 6.08 Å². The van der Waals surface area contributed by atoms with E-state index in [-0.39, 0.29) is 18.8 Å². The number of hydrogen-bond donors (Lipinski definition) is 2. The Bertz CT molecular complexity index is 1050. The summed E-state index contributed by atoms with van der Waals surface area (Å²) in [7, 11) is 0. The number of aliphatic carboxylic acids is 2. The number of ketones is 1. The molecule has 0 bridgehead atoms. The monoisotopic (exact) mass is 424 g/mol. The molecule has 0 aliphatic heterocycles. The molecule has 0 fully saturated rings. The Balaban J connectivity index is 1.76. The van der Waals surface area contributed by atoms with Gasteiger partial charge in [-0.1, -0.05) is 12.1 Å². The van der Waals surface area contributed by atoms with Gasteiger partial charge in [0.05, 0.1) is 13.0 Å². The molecule has 3 rings (SSSR count). The van der Waals surface area contributed by atoms with Crippen LogP contribution in [0.5, 0.6) is 11.5 Å². The maximum absolute atomic E-state index is 13.0. The van der Waals surface area contributed by atoms with Gasteiger partial charge in [-0.05, 0) is 74.2 Å². The number of aryl methyl sites for hydroxylation is 1. The average molecular weight is 424 g/mol. The fourth-order valence-corrected chi connectivity index (χ4v) is 3.25. The molecule has 0 radical (unpaired) electrons. The second-order valence-electron chi connectivity index (χ2n) is 7.80. The summed E-state index contributed by atoms with van der Waals surface area (Å²) in [5.41, 5.74) is 1.49. The number of carbonyl (C=O) groups is 3. The van der Waals surface area contributed by atoms with Gasteiger partial charge in [0.2, 0.25) is 0 Å². The smallest absolute Gasteiger partial charge is 0.347 e. The molecule has 7 heteroatoms. The first kappa shape index (κ1) is 22.1. The molecule has 0 spiro atoms. The Hall–Kier alpha value is -3.61. The Labute approximate surface area is 179 Å². The van der Waals surface area contributed by atoms with Gasteiger partial charge in [-0.3, -0.25) is 9.59 Å². The van der Waals surface area contributed by atoms with Gasteiger partial charge in [0, 0.05) is 11.1 Å². The predicted octanol–water partition coefficient (Wildman–Crippen LogP) is 3.99. The third-order valence-corrected chi connectivity index (χ3v) is 4.95. The quantitative estimate of drug-likeness (QED) is 0.617. The van der Waals surface area contributed by atoms with Crippen molar-refractivity contribution in [3.63, 3.8) is 0 Å². The summed E-state index contributed by atoms with van der Waals surface area (Å²) in [4.78, 5) is 34.8. The van der Waals surface area contributed by atoms with Crippen molar-refractivity contribution in [3.8, 4) is 11.5 Å². The fourth-order valence-electron chi connectivity index (χ4n) is 3.25. The number of carboxylic acid groups (broad SMARTS) is 2. The zero-order valence-electron chi connectivity index (χ0n) is 17.4. The van der Waals surface area contributed by atoms with E-state index >= 15 is 0 Å². The van der Waals surface area contributed by atoms with Crippen LogP contribution in [0.4, 0.5) is 0 Å². The lowest BCUT2D eigenvalue weighted by Crippen LogP contribution is -2.37. The highest BCUT2D eigenvalue weighted by molar-refractivity contribution is 6.13. The predicted molar refractivity (Wildman–Crippen MR) is 114 cm³/mol. The number of ether oxygens (including phenoxy) is 2. The van der Waals surface area contributed by atoms with E-state index in [1.54, 1.807) is 36.4 Å². The van der Waals surface area contributed by atoms with E-state index in [2.05, 4.69) is 0 Å². The molecule has 1 aliphatic rings. The molecule has 1 aliphatic carbocycles. The lowest BCUT2D eigenvalue weighted by molar-refractivity contribution is -0.152. The van der Waals surface area contributed by atoms with Crippen LogP contribution in [0.1, 0.15) is 48.2 Å². The molecule has 0 heterocycles. The van der Waals surface area contributed by atoms with Crippen molar-refractivity contribution < 1.29 is 34.1 Å². The second-order valence-corrected chi connectivity index (χ2v) is 7.80. The van der Waals surface area contributed by atoms with E-state index in [0.717, 1.165) is 11.1 Å². The van der Waals surface area contributed by atoms with Crippen molar-refractivity contribution in [2.75, 3.05) is 6.61 Å². The summed E-state index contributed by atoms with van der Waals surface area (Å²) >= 11 is 0. The lowest BCUT2D eigenvalue weighted by atomic mass is 9.86. The summed E-state index contributed by atoms with van der Waals surface area (Å²) in [6.07, 6.45) is 2.90. The first-order chi connectivity index (χ1) is 14.7. The van der Waals surface area contributed by atoms with Crippen LogP contribution in [0.15, 0.2) is 48.0 Å². The standard InChI is InChI=1S/C24H24O7/c1-24(2,23(28)29)31-19-8-9-20-16(14-19)6-7-17(22(20)27)12-15-4-3-5-18(13-15)30-11-10-21(25)26/h3-5,8-9,12-14H,6-7,10-11H2,1-2H3,(H,25,26)(H,28,29). The molecular weight excluding hydrogens is 400 g/mol. The molecule has 2 aromatic rings. The van der Waals surface area contributed by atoms with Gasteiger partial charge in [0.25, 0.3) is 0 Å². The SMILES string of the molecule is CC(C)(Oc1ccc2c(c1)CCC(=Cc1cccc(OCCC(=O)O)c1)C2=O)C(=O)O. The third-order valence-electron chi connectivity index (χ3n) is 4.95. The molecule has 2 N–H and O–H groups in total. The zero-order chi connectivity index (χ0) is 22.6. The molecule has 0 saturated heterocycles. The third kappa shape index (κ3) is 5.51. The van der Waals surface area contributed by atoms with Crippen LogP contribution < -0.4 is 9.47 Å². The topological polar surface area (TPSA) is 110 Å². The number of benzene rings is 2. The molecule has 0 amide bonds. The zero-order valence-corrected chi connectivity index (χ0v) is 17.4. The van der Waals surface area contributed by atoms with Crippen molar-refractivity contribution >= 4 is 23.8 Å². The number of fused-ring (bicyclic) bond motifs is 1. The number of carbonyl (C=O) groups excluding carboxylic acids is 1. The molecule has 2 aromatic carbocycles. The molecule has 0 saturated carbocycles. The molecule has 0 aromatic heterocycles. The van der Waals surface area contributed by atoms with E-state index in [1.165, 1.54) is 13.8 Å². The number of allylic oxidation sites excluding steroid dienone is 1. The van der Waals surface area contributed by atoms with Crippen LogP contribution in [0.2, 0.25) is 0 Å². The van der Waals surface area contributed by atoms with E-state index in [4.69, 9.17) is 14.6 Å². The first-order valence-corrected chi connectivity index (χ1v) is 9.91. The van der Waals surface area contributed by atoms with Gasteiger partial charge < -0.3 is 19.7 Å². The minimum absolute atomic E-state index is 0.0742. The van der Waals surface area contributed by atoms with E-state index in [1.807, 2.05) is 12.1 Å². The second kappa shape index (κ2) is 9.04. The van der Waals surface area contributed by atoms with E-state index < -0.39 is 17.5 Å². The summed E-state index contributed by atoms with van der Waals surface area (Å²) in [5, 5.41) is 17.9.